The van der Waals surface area contributed by atoms with E-state index in [0.29, 0.717) is 5.56 Å². The lowest BCUT2D eigenvalue weighted by Gasteiger charge is -2.24. The van der Waals surface area contributed by atoms with Gasteiger partial charge in [0.2, 0.25) is 0 Å². The van der Waals surface area contributed by atoms with E-state index >= 15 is 0 Å². The van der Waals surface area contributed by atoms with Gasteiger partial charge in [0.15, 0.2) is 0 Å². The fourth-order valence-corrected chi connectivity index (χ4v) is 2.53. The number of aldehydes is 1. The number of carbonyl (C=O) groups excluding carboxylic acids is 1. The summed E-state index contributed by atoms with van der Waals surface area (Å²) in [6, 6.07) is 15.3. The summed E-state index contributed by atoms with van der Waals surface area (Å²) in [4.78, 5) is 13.1. The van der Waals surface area contributed by atoms with Crippen molar-refractivity contribution in [2.24, 2.45) is 10.2 Å². The Bertz CT molecular complexity index is 655. The van der Waals surface area contributed by atoms with E-state index in [1.807, 2.05) is 12.1 Å². The van der Waals surface area contributed by atoms with Gasteiger partial charge in [-0.05, 0) is 61.4 Å². The Hall–Kier alpha value is -2.49. The van der Waals surface area contributed by atoms with E-state index in [1.165, 1.54) is 31.4 Å². The highest BCUT2D eigenvalue weighted by atomic mass is 16.1. The molecule has 0 N–H and O–H groups in total. The van der Waals surface area contributed by atoms with Crippen molar-refractivity contribution in [1.82, 2.24) is 0 Å². The van der Waals surface area contributed by atoms with E-state index < -0.39 is 0 Å². The Labute approximate surface area is 150 Å². The normalized spacial score (nSPS) is 11.0. The molecule has 0 fully saturated rings. The molecular formula is C21H27N3O. The lowest BCUT2D eigenvalue weighted by molar-refractivity contribution is 0.112. The van der Waals surface area contributed by atoms with Gasteiger partial charge in [0, 0.05) is 24.3 Å². The van der Waals surface area contributed by atoms with Crippen molar-refractivity contribution in [3.63, 3.8) is 0 Å². The SMILES string of the molecule is CCCCN(CCCC)c1ccc(/N=N/c2ccc(C=O)cc2)cc1. The van der Waals surface area contributed by atoms with E-state index in [9.17, 15) is 4.79 Å². The zero-order chi connectivity index (χ0) is 17.9. The largest absolute Gasteiger partial charge is 0.372 e. The van der Waals surface area contributed by atoms with Gasteiger partial charge in [-0.15, -0.1) is 0 Å². The lowest BCUT2D eigenvalue weighted by atomic mass is 10.2. The summed E-state index contributed by atoms with van der Waals surface area (Å²) in [5.74, 6) is 0. The van der Waals surface area contributed by atoms with Crippen molar-refractivity contribution in [1.29, 1.82) is 0 Å². The zero-order valence-electron chi connectivity index (χ0n) is 15.2. The van der Waals surface area contributed by atoms with Gasteiger partial charge in [0.25, 0.3) is 0 Å². The number of hydrogen-bond acceptors (Lipinski definition) is 4. The molecule has 0 saturated carbocycles. The molecule has 0 spiro atoms. The molecule has 0 atom stereocenters. The molecule has 0 unspecified atom stereocenters. The van der Waals surface area contributed by atoms with E-state index in [-0.39, 0.29) is 0 Å². The van der Waals surface area contributed by atoms with Crippen molar-refractivity contribution < 1.29 is 4.79 Å². The number of hydrogen-bond donors (Lipinski definition) is 0. The molecule has 132 valence electrons. The first kappa shape index (κ1) is 18.8. The van der Waals surface area contributed by atoms with E-state index in [4.69, 9.17) is 0 Å². The first-order valence-electron chi connectivity index (χ1n) is 9.08. The van der Waals surface area contributed by atoms with Gasteiger partial charge in [-0.1, -0.05) is 26.7 Å². The van der Waals surface area contributed by atoms with Crippen molar-refractivity contribution in [2.45, 2.75) is 39.5 Å². The molecule has 2 aromatic rings. The Morgan fingerprint density at radius 3 is 1.72 bits per heavy atom. The van der Waals surface area contributed by atoms with Crippen molar-refractivity contribution in [3.05, 3.63) is 54.1 Å². The highest BCUT2D eigenvalue weighted by molar-refractivity contribution is 5.75. The number of benzene rings is 2. The van der Waals surface area contributed by atoms with E-state index in [0.717, 1.165) is 30.8 Å². The molecule has 2 aromatic carbocycles. The number of rotatable bonds is 10. The molecule has 0 saturated heterocycles. The van der Waals surface area contributed by atoms with Crippen LogP contribution in [-0.4, -0.2) is 19.4 Å². The van der Waals surface area contributed by atoms with Crippen molar-refractivity contribution in [3.8, 4) is 0 Å². The van der Waals surface area contributed by atoms with Crippen LogP contribution in [0.15, 0.2) is 58.8 Å². The number of nitrogens with zero attached hydrogens (tertiary/aromatic N) is 3. The molecule has 0 heterocycles. The second-order valence-corrected chi connectivity index (χ2v) is 6.12. The fourth-order valence-electron chi connectivity index (χ4n) is 2.53. The Morgan fingerprint density at radius 2 is 1.28 bits per heavy atom. The Kier molecular flexibility index (Phi) is 7.83. The Morgan fingerprint density at radius 1 is 0.800 bits per heavy atom. The predicted octanol–water partition coefficient (Wildman–Crippen LogP) is 6.32. The minimum absolute atomic E-state index is 0.641. The molecule has 0 amide bonds. The molecule has 0 aliphatic carbocycles. The lowest BCUT2D eigenvalue weighted by Crippen LogP contribution is -2.25. The molecule has 4 heteroatoms. The minimum atomic E-state index is 0.641. The monoisotopic (exact) mass is 337 g/mol. The van der Waals surface area contributed by atoms with Crippen LogP contribution in [0.25, 0.3) is 0 Å². The maximum absolute atomic E-state index is 10.7. The number of unbranched alkanes of at least 4 members (excludes halogenated alkanes) is 2. The van der Waals surface area contributed by atoms with E-state index in [2.05, 4.69) is 41.1 Å². The average Bonchev–Trinajstić information content (AvgIpc) is 2.67. The summed E-state index contributed by atoms with van der Waals surface area (Å²) in [7, 11) is 0. The van der Waals surface area contributed by atoms with Crippen molar-refractivity contribution in [2.75, 3.05) is 18.0 Å². The molecule has 0 aliphatic heterocycles. The number of azo groups is 1. The first-order chi connectivity index (χ1) is 12.3. The number of carbonyl (C=O) groups is 1. The fraction of sp³-hybridized carbons (Fsp3) is 0.381. The molecule has 4 nitrogen and oxygen atoms in total. The van der Waals surface area contributed by atoms with Crippen LogP contribution in [0, 0.1) is 0 Å². The average molecular weight is 337 g/mol. The van der Waals surface area contributed by atoms with Crippen LogP contribution in [0.1, 0.15) is 49.9 Å². The molecule has 0 aromatic heterocycles. The van der Waals surface area contributed by atoms with Gasteiger partial charge >= 0.3 is 0 Å². The second-order valence-electron chi connectivity index (χ2n) is 6.12. The van der Waals surface area contributed by atoms with Gasteiger partial charge in [-0.2, -0.15) is 10.2 Å². The van der Waals surface area contributed by atoms with Crippen LogP contribution in [-0.2, 0) is 0 Å². The summed E-state index contributed by atoms with van der Waals surface area (Å²) < 4.78 is 0. The van der Waals surface area contributed by atoms with Crippen LogP contribution < -0.4 is 4.90 Å². The van der Waals surface area contributed by atoms with Gasteiger partial charge in [-0.3, -0.25) is 4.79 Å². The second kappa shape index (κ2) is 10.4. The topological polar surface area (TPSA) is 45.0 Å². The maximum atomic E-state index is 10.7. The summed E-state index contributed by atoms with van der Waals surface area (Å²) in [5, 5.41) is 8.50. The van der Waals surface area contributed by atoms with Crippen LogP contribution in [0.4, 0.5) is 17.1 Å². The van der Waals surface area contributed by atoms with Gasteiger partial charge < -0.3 is 4.90 Å². The third-order valence-electron chi connectivity index (χ3n) is 4.09. The third kappa shape index (κ3) is 6.14. The smallest absolute Gasteiger partial charge is 0.150 e. The summed E-state index contributed by atoms with van der Waals surface area (Å²) >= 11 is 0. The quantitative estimate of drug-likeness (QED) is 0.376. The summed E-state index contributed by atoms with van der Waals surface area (Å²) in [6.45, 7) is 6.65. The first-order valence-corrected chi connectivity index (χ1v) is 9.08. The standard InChI is InChI=1S/C21H27N3O/c1-3-5-15-24(16-6-4-2)21-13-11-20(12-14-21)23-22-19-9-7-18(17-25)8-10-19/h7-14,17H,3-6,15-16H2,1-2H3/b23-22+. The van der Waals surface area contributed by atoms with Crippen molar-refractivity contribution >= 4 is 23.3 Å². The summed E-state index contributed by atoms with van der Waals surface area (Å²) in [6.07, 6.45) is 5.65. The zero-order valence-corrected chi connectivity index (χ0v) is 15.2. The molecule has 0 aliphatic rings. The van der Waals surface area contributed by atoms with Crippen LogP contribution in [0.2, 0.25) is 0 Å². The highest BCUT2D eigenvalue weighted by Crippen LogP contribution is 2.23. The van der Waals surface area contributed by atoms with Crippen LogP contribution >= 0.6 is 0 Å². The minimum Gasteiger partial charge on any atom is -0.372 e. The molecule has 0 radical (unpaired) electrons. The van der Waals surface area contributed by atoms with Gasteiger partial charge in [0.1, 0.15) is 6.29 Å². The maximum Gasteiger partial charge on any atom is 0.150 e. The predicted molar refractivity (Wildman–Crippen MR) is 104 cm³/mol. The molecule has 0 bridgehead atoms. The Balaban J connectivity index is 2.03. The molecule has 2 rings (SSSR count). The van der Waals surface area contributed by atoms with Gasteiger partial charge in [0.05, 0.1) is 11.4 Å². The molecule has 25 heavy (non-hydrogen) atoms. The highest BCUT2D eigenvalue weighted by Gasteiger charge is 2.05. The molecular weight excluding hydrogens is 310 g/mol. The van der Waals surface area contributed by atoms with Crippen LogP contribution in [0.3, 0.4) is 0 Å². The van der Waals surface area contributed by atoms with Crippen LogP contribution in [0.5, 0.6) is 0 Å². The third-order valence-corrected chi connectivity index (χ3v) is 4.09. The van der Waals surface area contributed by atoms with E-state index in [1.54, 1.807) is 24.3 Å². The summed E-state index contributed by atoms with van der Waals surface area (Å²) in [5.41, 5.74) is 3.45. The number of anilines is 1. The van der Waals surface area contributed by atoms with Gasteiger partial charge in [-0.25, -0.2) is 0 Å².